The Hall–Kier alpha value is -2.27. The van der Waals surface area contributed by atoms with Gasteiger partial charge in [0.25, 0.3) is 0 Å². The number of nitrogens with zero attached hydrogens (tertiary/aromatic N) is 1. The summed E-state index contributed by atoms with van der Waals surface area (Å²) < 4.78 is 10.3. The summed E-state index contributed by atoms with van der Waals surface area (Å²) in [6, 6.07) is 6.46. The van der Waals surface area contributed by atoms with Crippen LogP contribution in [0.4, 0.5) is 0 Å². The normalized spacial score (nSPS) is 10.9. The highest BCUT2D eigenvalue weighted by Gasteiger charge is 2.17. The summed E-state index contributed by atoms with van der Waals surface area (Å²) in [7, 11) is 0. The summed E-state index contributed by atoms with van der Waals surface area (Å²) in [6.07, 6.45) is 1.53. The van der Waals surface area contributed by atoms with Gasteiger partial charge in [-0.2, -0.15) is 0 Å². The van der Waals surface area contributed by atoms with Crippen LogP contribution in [0.3, 0.4) is 0 Å². The fourth-order valence-corrected chi connectivity index (χ4v) is 2.02. The number of benzene rings is 1. The Morgan fingerprint density at radius 1 is 1.33 bits per heavy atom. The van der Waals surface area contributed by atoms with Gasteiger partial charge in [-0.1, -0.05) is 16.8 Å². The minimum atomic E-state index is -1.15. The van der Waals surface area contributed by atoms with Gasteiger partial charge in [-0.15, -0.1) is 0 Å². The zero-order chi connectivity index (χ0) is 12.7. The van der Waals surface area contributed by atoms with Crippen molar-refractivity contribution >= 4 is 28.5 Å². The van der Waals surface area contributed by atoms with Crippen molar-refractivity contribution in [2.24, 2.45) is 0 Å². The number of carbonyl (C=O) groups is 1. The Balaban J connectivity index is 2.26. The number of halogens is 1. The highest BCUT2D eigenvalue weighted by Crippen LogP contribution is 2.36. The molecule has 3 rings (SSSR count). The quantitative estimate of drug-likeness (QED) is 0.766. The Morgan fingerprint density at radius 3 is 2.89 bits per heavy atom. The van der Waals surface area contributed by atoms with Crippen LogP contribution >= 0.6 is 11.6 Å². The maximum Gasteiger partial charge on any atom is 0.358 e. The molecule has 0 atom stereocenters. The highest BCUT2D eigenvalue weighted by atomic mass is 35.5. The molecule has 1 N–H and O–H groups in total. The fraction of sp³-hybridized carbons (Fsp3) is 0. The predicted molar refractivity (Wildman–Crippen MR) is 63.7 cm³/mol. The molecule has 2 aromatic heterocycles. The fourth-order valence-electron chi connectivity index (χ4n) is 1.76. The average molecular weight is 264 g/mol. The maximum atomic E-state index is 10.8. The Morgan fingerprint density at radius 2 is 2.17 bits per heavy atom. The Labute approximate surface area is 106 Å². The van der Waals surface area contributed by atoms with Crippen LogP contribution in [-0.2, 0) is 0 Å². The molecule has 3 aromatic rings. The number of furan rings is 1. The van der Waals surface area contributed by atoms with Crippen molar-refractivity contribution in [3.05, 3.63) is 41.2 Å². The predicted octanol–water partition coefficient (Wildman–Crippen LogP) is 3.44. The summed E-state index contributed by atoms with van der Waals surface area (Å²) in [6.45, 7) is 0. The van der Waals surface area contributed by atoms with E-state index in [1.807, 2.05) is 0 Å². The van der Waals surface area contributed by atoms with Crippen molar-refractivity contribution in [3.8, 4) is 11.3 Å². The lowest BCUT2D eigenvalue weighted by Gasteiger charge is -2.00. The van der Waals surface area contributed by atoms with Gasteiger partial charge in [-0.3, -0.25) is 0 Å². The molecular formula is C12H6ClNO4. The first kappa shape index (κ1) is 10.9. The molecule has 18 heavy (non-hydrogen) atoms. The SMILES string of the molecule is O=C(O)c1cc(-c2c(Cl)ccc3occc23)on1. The molecule has 0 radical (unpaired) electrons. The standard InChI is InChI=1S/C12H6ClNO4/c13-7-1-2-9-6(3-4-17-9)11(7)10-5-8(12(15)16)14-18-10/h1-5H,(H,15,16). The molecule has 6 heteroatoms. The molecule has 5 nitrogen and oxygen atoms in total. The number of aromatic carboxylic acids is 1. The molecule has 0 aliphatic heterocycles. The summed E-state index contributed by atoms with van der Waals surface area (Å²) in [5.41, 5.74) is 1.05. The zero-order valence-corrected chi connectivity index (χ0v) is 9.64. The number of hydrogen-bond acceptors (Lipinski definition) is 4. The van der Waals surface area contributed by atoms with Crippen LogP contribution in [-0.4, -0.2) is 16.2 Å². The largest absolute Gasteiger partial charge is 0.476 e. The van der Waals surface area contributed by atoms with Crippen LogP contribution in [0, 0.1) is 0 Å². The van der Waals surface area contributed by atoms with Crippen molar-refractivity contribution in [2.75, 3.05) is 0 Å². The third-order valence-electron chi connectivity index (χ3n) is 2.56. The molecule has 0 saturated heterocycles. The molecule has 90 valence electrons. The van der Waals surface area contributed by atoms with E-state index in [0.717, 1.165) is 5.39 Å². The molecule has 0 aliphatic rings. The van der Waals surface area contributed by atoms with E-state index in [4.69, 9.17) is 25.6 Å². The van der Waals surface area contributed by atoms with Crippen LogP contribution in [0.1, 0.15) is 10.5 Å². The minimum absolute atomic E-state index is 0.165. The number of fused-ring (bicyclic) bond motifs is 1. The smallest absolute Gasteiger partial charge is 0.358 e. The van der Waals surface area contributed by atoms with E-state index in [1.54, 1.807) is 18.2 Å². The minimum Gasteiger partial charge on any atom is -0.476 e. The first-order valence-corrected chi connectivity index (χ1v) is 5.40. The van der Waals surface area contributed by atoms with Crippen molar-refractivity contribution in [2.45, 2.75) is 0 Å². The third kappa shape index (κ3) is 1.56. The van der Waals surface area contributed by atoms with Gasteiger partial charge in [-0.05, 0) is 18.2 Å². The topological polar surface area (TPSA) is 76.5 Å². The van der Waals surface area contributed by atoms with E-state index in [9.17, 15) is 4.79 Å². The number of hydrogen-bond donors (Lipinski definition) is 1. The van der Waals surface area contributed by atoms with E-state index < -0.39 is 5.97 Å². The van der Waals surface area contributed by atoms with Gasteiger partial charge in [-0.25, -0.2) is 4.79 Å². The first-order valence-electron chi connectivity index (χ1n) is 5.03. The summed E-state index contributed by atoms with van der Waals surface area (Å²) >= 11 is 6.11. The van der Waals surface area contributed by atoms with Crippen LogP contribution in [0.25, 0.3) is 22.3 Å². The molecule has 0 unspecified atom stereocenters. The molecule has 0 saturated carbocycles. The number of carboxylic acids is 1. The van der Waals surface area contributed by atoms with Crippen LogP contribution in [0.15, 0.2) is 39.5 Å². The van der Waals surface area contributed by atoms with Crippen molar-refractivity contribution in [3.63, 3.8) is 0 Å². The average Bonchev–Trinajstić information content (AvgIpc) is 2.95. The number of aromatic nitrogens is 1. The number of carboxylic acid groups (broad SMARTS) is 1. The monoisotopic (exact) mass is 263 g/mol. The molecule has 0 aliphatic carbocycles. The van der Waals surface area contributed by atoms with E-state index in [2.05, 4.69) is 5.16 Å². The van der Waals surface area contributed by atoms with Gasteiger partial charge in [0.05, 0.1) is 11.3 Å². The van der Waals surface area contributed by atoms with Gasteiger partial charge in [0.1, 0.15) is 5.58 Å². The van der Waals surface area contributed by atoms with Gasteiger partial charge >= 0.3 is 5.97 Å². The number of rotatable bonds is 2. The second-order valence-electron chi connectivity index (χ2n) is 3.64. The Bertz CT molecular complexity index is 743. The first-order chi connectivity index (χ1) is 8.66. The third-order valence-corrected chi connectivity index (χ3v) is 2.88. The van der Waals surface area contributed by atoms with E-state index in [-0.39, 0.29) is 5.69 Å². The molecule has 1 aromatic carbocycles. The van der Waals surface area contributed by atoms with Crippen LogP contribution in [0.2, 0.25) is 5.02 Å². The van der Waals surface area contributed by atoms with Crippen LogP contribution < -0.4 is 0 Å². The lowest BCUT2D eigenvalue weighted by molar-refractivity contribution is 0.0686. The van der Waals surface area contributed by atoms with Crippen LogP contribution in [0.5, 0.6) is 0 Å². The van der Waals surface area contributed by atoms with Gasteiger partial charge in [0.15, 0.2) is 11.5 Å². The van der Waals surface area contributed by atoms with Gasteiger partial charge < -0.3 is 14.0 Å². The van der Waals surface area contributed by atoms with Crippen molar-refractivity contribution in [1.82, 2.24) is 5.16 Å². The van der Waals surface area contributed by atoms with Gasteiger partial charge in [0.2, 0.25) is 0 Å². The maximum absolute atomic E-state index is 10.8. The molecule has 0 fully saturated rings. The summed E-state index contributed by atoms with van der Waals surface area (Å²) in [5.74, 6) is -0.857. The van der Waals surface area contributed by atoms with Crippen molar-refractivity contribution in [1.29, 1.82) is 0 Å². The zero-order valence-electron chi connectivity index (χ0n) is 8.88. The van der Waals surface area contributed by atoms with Gasteiger partial charge in [0, 0.05) is 17.0 Å². The van der Waals surface area contributed by atoms with E-state index in [0.29, 0.717) is 21.9 Å². The van der Waals surface area contributed by atoms with Crippen molar-refractivity contribution < 1.29 is 18.8 Å². The lowest BCUT2D eigenvalue weighted by atomic mass is 10.1. The second-order valence-corrected chi connectivity index (χ2v) is 4.04. The lowest BCUT2D eigenvalue weighted by Crippen LogP contribution is -1.94. The molecule has 0 spiro atoms. The second kappa shape index (κ2) is 3.89. The molecule has 0 bridgehead atoms. The summed E-state index contributed by atoms with van der Waals surface area (Å²) in [5, 5.41) is 13.5. The summed E-state index contributed by atoms with van der Waals surface area (Å²) in [4.78, 5) is 10.8. The molecular weight excluding hydrogens is 258 g/mol. The molecule has 0 amide bonds. The van der Waals surface area contributed by atoms with E-state index >= 15 is 0 Å². The Kier molecular flexibility index (Phi) is 2.34. The van der Waals surface area contributed by atoms with E-state index in [1.165, 1.54) is 12.3 Å². The highest BCUT2D eigenvalue weighted by molar-refractivity contribution is 6.34. The molecule has 2 heterocycles.